The smallest absolute Gasteiger partial charge is 0.339 e. The fraction of sp³-hybridized carbons (Fsp3) is 0.192. The van der Waals surface area contributed by atoms with E-state index in [1.54, 1.807) is 50.2 Å². The molecule has 6 nitrogen and oxygen atoms in total. The first-order chi connectivity index (χ1) is 15.3. The molecule has 4 rings (SSSR count). The van der Waals surface area contributed by atoms with Gasteiger partial charge in [-0.1, -0.05) is 60.7 Å². The third-order valence-electron chi connectivity index (χ3n) is 5.40. The summed E-state index contributed by atoms with van der Waals surface area (Å²) in [6.07, 6.45) is 0. The molecule has 1 unspecified atom stereocenters. The van der Waals surface area contributed by atoms with Crippen molar-refractivity contribution in [3.63, 3.8) is 0 Å². The highest BCUT2D eigenvalue weighted by atomic mass is 16.6. The Morgan fingerprint density at radius 1 is 0.906 bits per heavy atom. The Hall–Kier alpha value is -3.93. The van der Waals surface area contributed by atoms with E-state index in [9.17, 15) is 14.4 Å². The molecule has 3 aromatic rings. The van der Waals surface area contributed by atoms with Crippen LogP contribution in [0.5, 0.6) is 0 Å². The summed E-state index contributed by atoms with van der Waals surface area (Å²) in [6, 6.07) is 24.1. The molecule has 0 saturated heterocycles. The predicted molar refractivity (Wildman–Crippen MR) is 120 cm³/mol. The quantitative estimate of drug-likeness (QED) is 0.601. The summed E-state index contributed by atoms with van der Waals surface area (Å²) in [7, 11) is 0. The normalized spacial score (nSPS) is 16.4. The molecule has 1 N–H and O–H groups in total. The molecule has 0 aromatic heterocycles. The number of carbonyl (C=O) groups excluding carboxylic acids is 3. The molecule has 0 bridgehead atoms. The van der Waals surface area contributed by atoms with Crippen molar-refractivity contribution in [2.24, 2.45) is 0 Å². The largest absolute Gasteiger partial charge is 0.455 e. The standard InChI is InChI=1S/C26H23NO5/c1-26(2)23(20-10-6-7-11-21(20)24(29)32-26)25(30)31-16-22(28)27-19-14-12-18(13-15-19)17-8-4-3-5-9-17/h3-15,23H,16H2,1-2H3,(H,27,28). The second-order valence-electron chi connectivity index (χ2n) is 8.11. The lowest BCUT2D eigenvalue weighted by Crippen LogP contribution is -2.45. The summed E-state index contributed by atoms with van der Waals surface area (Å²) >= 11 is 0. The summed E-state index contributed by atoms with van der Waals surface area (Å²) < 4.78 is 10.7. The van der Waals surface area contributed by atoms with Gasteiger partial charge in [0.2, 0.25) is 0 Å². The second kappa shape index (κ2) is 8.67. The number of esters is 2. The molecule has 0 spiro atoms. The number of nitrogens with one attached hydrogen (secondary N) is 1. The minimum Gasteiger partial charge on any atom is -0.455 e. The molecular weight excluding hydrogens is 406 g/mol. The zero-order valence-corrected chi connectivity index (χ0v) is 17.8. The average Bonchev–Trinajstić information content (AvgIpc) is 2.78. The maximum atomic E-state index is 12.8. The van der Waals surface area contributed by atoms with E-state index in [1.807, 2.05) is 42.5 Å². The lowest BCUT2D eigenvalue weighted by Gasteiger charge is -2.37. The summed E-state index contributed by atoms with van der Waals surface area (Å²) in [5, 5.41) is 2.72. The third-order valence-corrected chi connectivity index (χ3v) is 5.40. The van der Waals surface area contributed by atoms with Gasteiger partial charge in [0.1, 0.15) is 11.5 Å². The minimum atomic E-state index is -1.09. The molecule has 0 saturated carbocycles. The number of fused-ring (bicyclic) bond motifs is 1. The maximum Gasteiger partial charge on any atom is 0.339 e. The number of anilines is 1. The van der Waals surface area contributed by atoms with E-state index in [0.29, 0.717) is 16.8 Å². The number of ether oxygens (including phenoxy) is 2. The number of rotatable bonds is 5. The lowest BCUT2D eigenvalue weighted by atomic mass is 9.80. The summed E-state index contributed by atoms with van der Waals surface area (Å²) in [4.78, 5) is 37.4. The first-order valence-electron chi connectivity index (χ1n) is 10.3. The molecule has 1 aliphatic rings. The highest BCUT2D eigenvalue weighted by molar-refractivity contribution is 5.98. The Morgan fingerprint density at radius 2 is 1.53 bits per heavy atom. The van der Waals surface area contributed by atoms with Gasteiger partial charge in [0.15, 0.2) is 6.61 Å². The van der Waals surface area contributed by atoms with Gasteiger partial charge in [-0.15, -0.1) is 0 Å². The molecule has 6 heteroatoms. The number of amides is 1. The van der Waals surface area contributed by atoms with Gasteiger partial charge < -0.3 is 14.8 Å². The molecular formula is C26H23NO5. The fourth-order valence-corrected chi connectivity index (χ4v) is 3.87. The Kier molecular flexibility index (Phi) is 5.77. The van der Waals surface area contributed by atoms with Crippen LogP contribution in [0.2, 0.25) is 0 Å². The minimum absolute atomic E-state index is 0.330. The topological polar surface area (TPSA) is 81.7 Å². The highest BCUT2D eigenvalue weighted by Crippen LogP contribution is 2.39. The second-order valence-corrected chi connectivity index (χ2v) is 8.11. The number of hydrogen-bond acceptors (Lipinski definition) is 5. The van der Waals surface area contributed by atoms with Crippen LogP contribution in [-0.4, -0.2) is 30.1 Å². The molecule has 0 radical (unpaired) electrons. The molecule has 0 fully saturated rings. The number of benzene rings is 3. The number of cyclic esters (lactones) is 1. The van der Waals surface area contributed by atoms with Crippen LogP contribution in [0.1, 0.15) is 35.7 Å². The van der Waals surface area contributed by atoms with E-state index in [-0.39, 0.29) is 0 Å². The van der Waals surface area contributed by atoms with E-state index in [1.165, 1.54) is 0 Å². The monoisotopic (exact) mass is 429 g/mol. The van der Waals surface area contributed by atoms with Gasteiger partial charge in [-0.05, 0) is 48.7 Å². The van der Waals surface area contributed by atoms with Gasteiger partial charge in [-0.3, -0.25) is 9.59 Å². The van der Waals surface area contributed by atoms with Gasteiger partial charge >= 0.3 is 11.9 Å². The highest BCUT2D eigenvalue weighted by Gasteiger charge is 2.46. The first-order valence-corrected chi connectivity index (χ1v) is 10.3. The van der Waals surface area contributed by atoms with E-state index in [4.69, 9.17) is 9.47 Å². The Bertz CT molecular complexity index is 1150. The summed E-state index contributed by atoms with van der Waals surface area (Å²) in [6.45, 7) is 2.87. The SMILES string of the molecule is CC1(C)OC(=O)c2ccccc2C1C(=O)OCC(=O)Nc1ccc(-c2ccccc2)cc1. The molecule has 0 aliphatic carbocycles. The van der Waals surface area contributed by atoms with Crippen LogP contribution in [0, 0.1) is 0 Å². The Labute approximate surface area is 186 Å². The molecule has 1 heterocycles. The van der Waals surface area contributed by atoms with Crippen LogP contribution >= 0.6 is 0 Å². The third kappa shape index (κ3) is 4.39. The number of hydrogen-bond donors (Lipinski definition) is 1. The summed E-state index contributed by atoms with van der Waals surface area (Å²) in [5.41, 5.74) is 2.49. The van der Waals surface area contributed by atoms with E-state index in [0.717, 1.165) is 11.1 Å². The molecule has 1 aliphatic heterocycles. The van der Waals surface area contributed by atoms with Crippen LogP contribution in [0.25, 0.3) is 11.1 Å². The van der Waals surface area contributed by atoms with Crippen LogP contribution in [0.15, 0.2) is 78.9 Å². The maximum absolute atomic E-state index is 12.8. The zero-order valence-electron chi connectivity index (χ0n) is 17.8. The van der Waals surface area contributed by atoms with Crippen molar-refractivity contribution in [3.05, 3.63) is 90.0 Å². The van der Waals surface area contributed by atoms with Crippen LogP contribution in [0.4, 0.5) is 5.69 Å². The van der Waals surface area contributed by atoms with Gasteiger partial charge in [0.25, 0.3) is 5.91 Å². The first kappa shape index (κ1) is 21.3. The zero-order chi connectivity index (χ0) is 22.7. The van der Waals surface area contributed by atoms with Gasteiger partial charge in [-0.2, -0.15) is 0 Å². The van der Waals surface area contributed by atoms with Gasteiger partial charge in [-0.25, -0.2) is 4.79 Å². The van der Waals surface area contributed by atoms with E-state index in [2.05, 4.69) is 5.32 Å². The lowest BCUT2D eigenvalue weighted by molar-refractivity contribution is -0.154. The van der Waals surface area contributed by atoms with Gasteiger partial charge in [0, 0.05) is 5.69 Å². The van der Waals surface area contributed by atoms with Gasteiger partial charge in [0.05, 0.1) is 5.56 Å². The van der Waals surface area contributed by atoms with Crippen molar-refractivity contribution < 1.29 is 23.9 Å². The molecule has 3 aromatic carbocycles. The van der Waals surface area contributed by atoms with Crippen LogP contribution in [-0.2, 0) is 19.1 Å². The Balaban J connectivity index is 1.39. The van der Waals surface area contributed by atoms with Crippen molar-refractivity contribution >= 4 is 23.5 Å². The van der Waals surface area contributed by atoms with Crippen LogP contribution < -0.4 is 5.32 Å². The summed E-state index contributed by atoms with van der Waals surface area (Å²) in [5.74, 6) is -2.38. The van der Waals surface area contributed by atoms with Crippen LogP contribution in [0.3, 0.4) is 0 Å². The molecule has 1 amide bonds. The predicted octanol–water partition coefficient (Wildman–Crippen LogP) is 4.57. The fourth-order valence-electron chi connectivity index (χ4n) is 3.87. The van der Waals surface area contributed by atoms with Crippen molar-refractivity contribution in [1.82, 2.24) is 0 Å². The number of carbonyl (C=O) groups is 3. The Morgan fingerprint density at radius 3 is 2.25 bits per heavy atom. The van der Waals surface area contributed by atoms with Crippen molar-refractivity contribution in [2.75, 3.05) is 11.9 Å². The van der Waals surface area contributed by atoms with E-state index < -0.39 is 36.0 Å². The van der Waals surface area contributed by atoms with Crippen molar-refractivity contribution in [2.45, 2.75) is 25.4 Å². The van der Waals surface area contributed by atoms with Crippen molar-refractivity contribution in [3.8, 4) is 11.1 Å². The molecule has 162 valence electrons. The van der Waals surface area contributed by atoms with Crippen molar-refractivity contribution in [1.29, 1.82) is 0 Å². The molecule has 32 heavy (non-hydrogen) atoms. The average molecular weight is 429 g/mol. The van der Waals surface area contributed by atoms with E-state index >= 15 is 0 Å². The molecule has 1 atom stereocenters.